The average molecular weight is 615 g/mol. The second-order valence-corrected chi connectivity index (χ2v) is 9.42. The molecule has 0 saturated carbocycles. The van der Waals surface area contributed by atoms with Gasteiger partial charge in [-0.2, -0.15) is 20.4 Å². The standard InChI is InChI=1S/C30H30N16/c1-43(27-9-5-7-11-31-27)39-16-23-13-25(35-20-33-23)18-41-45(3)29-15-30(38-22-37-29)46(4)42-19-26-14-24(34-21-36-26)17-40-44(2)28-10-6-8-12-32-28/h5-22H,1-4H3/b39-16+,40-17+,41-18+,42-19+. The quantitative estimate of drug-likeness (QED) is 0.149. The molecule has 0 aliphatic carbocycles. The van der Waals surface area contributed by atoms with Crippen molar-refractivity contribution in [1.29, 1.82) is 0 Å². The SMILES string of the molecule is CN(/N=C/c1cc(/C=N/N(C)c2cc(N(C)/N=C/c3cc(/C=N/N(C)c4ccccn4)ncn3)ncn2)ncn1)c1ccccn1. The van der Waals surface area contributed by atoms with E-state index < -0.39 is 0 Å². The van der Waals surface area contributed by atoms with E-state index in [9.17, 15) is 0 Å². The number of hydrogen-bond donors (Lipinski definition) is 0. The fraction of sp³-hybridized carbons (Fsp3) is 0.133. The summed E-state index contributed by atoms with van der Waals surface area (Å²) in [5.74, 6) is 2.53. The maximum absolute atomic E-state index is 4.47. The minimum Gasteiger partial charge on any atom is -0.251 e. The van der Waals surface area contributed by atoms with Gasteiger partial charge < -0.3 is 0 Å². The van der Waals surface area contributed by atoms with Gasteiger partial charge in [-0.25, -0.2) is 39.9 Å². The van der Waals surface area contributed by atoms with Crippen molar-refractivity contribution in [3.8, 4) is 0 Å². The van der Waals surface area contributed by atoms with E-state index in [1.807, 2.05) is 50.5 Å². The van der Waals surface area contributed by atoms with Gasteiger partial charge in [0.25, 0.3) is 0 Å². The number of nitrogens with zero attached hydrogens (tertiary/aromatic N) is 16. The van der Waals surface area contributed by atoms with E-state index >= 15 is 0 Å². The summed E-state index contributed by atoms with van der Waals surface area (Å²) in [4.78, 5) is 34.2. The number of aromatic nitrogens is 8. The Labute approximate surface area is 265 Å². The zero-order valence-corrected chi connectivity index (χ0v) is 25.5. The molecule has 5 aromatic heterocycles. The fourth-order valence-electron chi connectivity index (χ4n) is 3.66. The topological polar surface area (TPSA) is 166 Å². The number of pyridine rings is 2. The van der Waals surface area contributed by atoms with Gasteiger partial charge in [0.15, 0.2) is 11.6 Å². The molecule has 0 aromatic carbocycles. The highest BCUT2D eigenvalue weighted by Crippen LogP contribution is 2.16. The summed E-state index contributed by atoms with van der Waals surface area (Å²) in [5.41, 5.74) is 2.42. The molecular weight excluding hydrogens is 584 g/mol. The Bertz CT molecular complexity index is 1700. The van der Waals surface area contributed by atoms with Crippen LogP contribution in [-0.4, -0.2) is 92.9 Å². The van der Waals surface area contributed by atoms with E-state index in [2.05, 4.69) is 60.3 Å². The summed E-state index contributed by atoms with van der Waals surface area (Å²) in [5, 5.41) is 24.2. The largest absolute Gasteiger partial charge is 0.251 e. The van der Waals surface area contributed by atoms with Crippen molar-refractivity contribution in [2.24, 2.45) is 20.4 Å². The third kappa shape index (κ3) is 8.73. The van der Waals surface area contributed by atoms with Gasteiger partial charge in [0, 0.05) is 46.7 Å². The lowest BCUT2D eigenvalue weighted by atomic mass is 10.3. The first-order valence-electron chi connectivity index (χ1n) is 13.8. The monoisotopic (exact) mass is 614 g/mol. The van der Waals surface area contributed by atoms with Crippen LogP contribution in [0.4, 0.5) is 23.3 Å². The Morgan fingerprint density at radius 3 is 1.11 bits per heavy atom. The third-order valence-corrected chi connectivity index (χ3v) is 6.13. The van der Waals surface area contributed by atoms with E-state index in [-0.39, 0.29) is 0 Å². The highest BCUT2D eigenvalue weighted by Gasteiger charge is 2.07. The molecule has 5 heterocycles. The molecule has 5 aromatic rings. The smallest absolute Gasteiger partial charge is 0.154 e. The van der Waals surface area contributed by atoms with E-state index in [0.717, 1.165) is 0 Å². The average Bonchev–Trinajstić information content (AvgIpc) is 3.12. The minimum atomic E-state index is 0.550. The molecule has 0 N–H and O–H groups in total. The Hall–Kier alpha value is -6.58. The van der Waals surface area contributed by atoms with Gasteiger partial charge in [0.1, 0.15) is 30.6 Å². The molecule has 0 radical (unpaired) electrons. The number of rotatable bonds is 12. The van der Waals surface area contributed by atoms with Crippen molar-refractivity contribution in [1.82, 2.24) is 39.9 Å². The van der Waals surface area contributed by atoms with Crippen LogP contribution in [0.25, 0.3) is 0 Å². The number of hydrazone groups is 4. The summed E-state index contributed by atoms with van der Waals surface area (Å²) in [6.45, 7) is 0. The Morgan fingerprint density at radius 2 is 0.761 bits per heavy atom. The van der Waals surface area contributed by atoms with Crippen LogP contribution in [0.15, 0.2) is 106 Å². The highest BCUT2D eigenvalue weighted by molar-refractivity contribution is 5.84. The summed E-state index contributed by atoms with van der Waals surface area (Å²) >= 11 is 0. The molecule has 0 aliphatic heterocycles. The van der Waals surface area contributed by atoms with Crippen molar-refractivity contribution < 1.29 is 0 Å². The van der Waals surface area contributed by atoms with Gasteiger partial charge >= 0.3 is 0 Å². The van der Waals surface area contributed by atoms with Crippen molar-refractivity contribution in [2.75, 3.05) is 48.2 Å². The minimum absolute atomic E-state index is 0.550. The van der Waals surface area contributed by atoms with Crippen LogP contribution in [0.1, 0.15) is 22.8 Å². The van der Waals surface area contributed by atoms with Crippen LogP contribution < -0.4 is 20.0 Å². The summed E-state index contributed by atoms with van der Waals surface area (Å²) in [6, 6.07) is 16.5. The first-order valence-corrected chi connectivity index (χ1v) is 13.8. The Morgan fingerprint density at radius 1 is 0.413 bits per heavy atom. The predicted molar refractivity (Wildman–Crippen MR) is 179 cm³/mol. The fourth-order valence-corrected chi connectivity index (χ4v) is 3.66. The first kappa shape index (κ1) is 30.9. The second kappa shape index (κ2) is 15.2. The van der Waals surface area contributed by atoms with Crippen LogP contribution >= 0.6 is 0 Å². The lowest BCUT2D eigenvalue weighted by Gasteiger charge is -2.15. The molecule has 0 saturated heterocycles. The molecular formula is C30H30N16. The molecule has 0 fully saturated rings. The van der Waals surface area contributed by atoms with Gasteiger partial charge in [0.2, 0.25) is 0 Å². The van der Waals surface area contributed by atoms with Gasteiger partial charge in [-0.3, -0.25) is 20.0 Å². The van der Waals surface area contributed by atoms with Gasteiger partial charge in [-0.05, 0) is 36.4 Å². The van der Waals surface area contributed by atoms with Crippen molar-refractivity contribution in [3.63, 3.8) is 0 Å². The summed E-state index contributed by atoms with van der Waals surface area (Å²) in [6.07, 6.45) is 14.2. The lowest BCUT2D eigenvalue weighted by molar-refractivity contribution is 0.930. The maximum atomic E-state index is 4.47. The van der Waals surface area contributed by atoms with Crippen LogP contribution in [0, 0.1) is 0 Å². The first-order chi connectivity index (χ1) is 22.4. The highest BCUT2D eigenvalue weighted by atomic mass is 15.5. The normalized spacial score (nSPS) is 11.6. The molecule has 0 aliphatic rings. The molecule has 16 heteroatoms. The Balaban J connectivity index is 1.20. The third-order valence-electron chi connectivity index (χ3n) is 6.13. The second-order valence-electron chi connectivity index (χ2n) is 9.42. The molecule has 0 atom stereocenters. The van der Waals surface area contributed by atoms with Gasteiger partial charge in [-0.1, -0.05) is 12.1 Å². The predicted octanol–water partition coefficient (Wildman–Crippen LogP) is 2.73. The maximum Gasteiger partial charge on any atom is 0.154 e. The molecule has 0 bridgehead atoms. The van der Waals surface area contributed by atoms with Gasteiger partial charge in [0.05, 0.1) is 47.6 Å². The van der Waals surface area contributed by atoms with E-state index in [1.165, 1.54) is 19.0 Å². The zero-order valence-electron chi connectivity index (χ0n) is 25.5. The molecule has 230 valence electrons. The number of anilines is 4. The Kier molecular flexibility index (Phi) is 10.2. The van der Waals surface area contributed by atoms with E-state index in [0.29, 0.717) is 46.0 Å². The van der Waals surface area contributed by atoms with Crippen LogP contribution in [0.5, 0.6) is 0 Å². The van der Waals surface area contributed by atoms with Crippen LogP contribution in [-0.2, 0) is 0 Å². The number of hydrogen-bond acceptors (Lipinski definition) is 16. The summed E-state index contributed by atoms with van der Waals surface area (Å²) in [7, 11) is 7.16. The van der Waals surface area contributed by atoms with E-state index in [1.54, 1.807) is 89.6 Å². The molecule has 0 amide bonds. The van der Waals surface area contributed by atoms with Crippen molar-refractivity contribution in [2.45, 2.75) is 0 Å². The van der Waals surface area contributed by atoms with Crippen LogP contribution in [0.2, 0.25) is 0 Å². The molecule has 0 spiro atoms. The molecule has 46 heavy (non-hydrogen) atoms. The van der Waals surface area contributed by atoms with Gasteiger partial charge in [-0.15, -0.1) is 0 Å². The van der Waals surface area contributed by atoms with Crippen LogP contribution in [0.3, 0.4) is 0 Å². The van der Waals surface area contributed by atoms with Crippen molar-refractivity contribution >= 4 is 48.1 Å². The zero-order chi connectivity index (χ0) is 32.1. The van der Waals surface area contributed by atoms with Crippen molar-refractivity contribution in [3.05, 3.63) is 109 Å². The molecule has 0 unspecified atom stereocenters. The molecule has 16 nitrogen and oxygen atoms in total. The summed E-state index contributed by atoms with van der Waals surface area (Å²) < 4.78 is 0. The molecule has 5 rings (SSSR count). The lowest BCUT2D eigenvalue weighted by Crippen LogP contribution is -2.15. The van der Waals surface area contributed by atoms with E-state index in [4.69, 9.17) is 0 Å².